The highest BCUT2D eigenvalue weighted by atomic mass is 16.2. The number of amides is 1. The van der Waals surface area contributed by atoms with E-state index in [2.05, 4.69) is 27.2 Å². The third kappa shape index (κ3) is 2.34. The van der Waals surface area contributed by atoms with Gasteiger partial charge in [0.2, 0.25) is 11.9 Å². The van der Waals surface area contributed by atoms with Crippen molar-refractivity contribution in [2.45, 2.75) is 12.5 Å². The SMILES string of the molecule is C=C1CNC(C2=CN(c3ncccn3)CC2)C(=O)N1. The van der Waals surface area contributed by atoms with Crippen molar-refractivity contribution in [3.05, 3.63) is 42.5 Å². The lowest BCUT2D eigenvalue weighted by atomic mass is 10.0. The summed E-state index contributed by atoms with van der Waals surface area (Å²) in [5.41, 5.74) is 1.76. The summed E-state index contributed by atoms with van der Waals surface area (Å²) in [7, 11) is 0. The Morgan fingerprint density at radius 1 is 1.37 bits per heavy atom. The van der Waals surface area contributed by atoms with Crippen LogP contribution >= 0.6 is 0 Å². The van der Waals surface area contributed by atoms with Crippen LogP contribution in [0.5, 0.6) is 0 Å². The molecule has 1 aromatic rings. The molecule has 0 bridgehead atoms. The Labute approximate surface area is 111 Å². The molecule has 98 valence electrons. The van der Waals surface area contributed by atoms with Gasteiger partial charge in [-0.05, 0) is 18.1 Å². The van der Waals surface area contributed by atoms with Gasteiger partial charge in [0, 0.05) is 37.4 Å². The first-order chi connectivity index (χ1) is 9.24. The Hall–Kier alpha value is -2.21. The maximum absolute atomic E-state index is 11.9. The summed E-state index contributed by atoms with van der Waals surface area (Å²) >= 11 is 0. The first kappa shape index (κ1) is 11.9. The minimum atomic E-state index is -0.279. The first-order valence-electron chi connectivity index (χ1n) is 6.20. The van der Waals surface area contributed by atoms with E-state index >= 15 is 0 Å². The van der Waals surface area contributed by atoms with Crippen molar-refractivity contribution >= 4 is 11.9 Å². The molecule has 1 unspecified atom stereocenters. The Morgan fingerprint density at radius 3 is 2.89 bits per heavy atom. The zero-order chi connectivity index (χ0) is 13.2. The molecule has 6 heteroatoms. The smallest absolute Gasteiger partial charge is 0.245 e. The lowest BCUT2D eigenvalue weighted by Crippen LogP contribution is -2.52. The summed E-state index contributed by atoms with van der Waals surface area (Å²) < 4.78 is 0. The normalized spacial score (nSPS) is 23.3. The lowest BCUT2D eigenvalue weighted by molar-refractivity contribution is -0.122. The van der Waals surface area contributed by atoms with E-state index in [9.17, 15) is 4.79 Å². The molecule has 0 spiro atoms. The van der Waals surface area contributed by atoms with Gasteiger partial charge in [-0.1, -0.05) is 6.58 Å². The molecule has 0 aromatic carbocycles. The second-order valence-corrected chi connectivity index (χ2v) is 4.60. The highest BCUT2D eigenvalue weighted by molar-refractivity contribution is 5.87. The minimum Gasteiger partial charge on any atom is -0.327 e. The highest BCUT2D eigenvalue weighted by Gasteiger charge is 2.30. The average Bonchev–Trinajstić information content (AvgIpc) is 2.89. The van der Waals surface area contributed by atoms with Gasteiger partial charge in [-0.2, -0.15) is 0 Å². The van der Waals surface area contributed by atoms with E-state index in [-0.39, 0.29) is 11.9 Å². The quantitative estimate of drug-likeness (QED) is 0.790. The molecule has 0 aliphatic carbocycles. The average molecular weight is 257 g/mol. The Morgan fingerprint density at radius 2 is 2.16 bits per heavy atom. The van der Waals surface area contributed by atoms with Gasteiger partial charge < -0.3 is 10.2 Å². The number of carbonyl (C=O) groups excluding carboxylic acids is 1. The number of nitrogens with zero attached hydrogens (tertiary/aromatic N) is 3. The molecular formula is C13H15N5O. The largest absolute Gasteiger partial charge is 0.327 e. The number of carbonyl (C=O) groups is 1. The van der Waals surface area contributed by atoms with Crippen molar-refractivity contribution in [2.24, 2.45) is 0 Å². The predicted molar refractivity (Wildman–Crippen MR) is 71.2 cm³/mol. The van der Waals surface area contributed by atoms with Crippen LogP contribution in [-0.4, -0.2) is 35.0 Å². The van der Waals surface area contributed by atoms with Crippen LogP contribution in [0.2, 0.25) is 0 Å². The zero-order valence-electron chi connectivity index (χ0n) is 10.5. The fraction of sp³-hybridized carbons (Fsp3) is 0.308. The van der Waals surface area contributed by atoms with Gasteiger partial charge in [0.1, 0.15) is 6.04 Å². The van der Waals surface area contributed by atoms with Crippen molar-refractivity contribution in [3.8, 4) is 0 Å². The summed E-state index contributed by atoms with van der Waals surface area (Å²) in [5, 5.41) is 5.96. The number of hydrogen-bond donors (Lipinski definition) is 2. The van der Waals surface area contributed by atoms with E-state index in [4.69, 9.17) is 0 Å². The maximum Gasteiger partial charge on any atom is 0.245 e. The lowest BCUT2D eigenvalue weighted by Gasteiger charge is -2.25. The van der Waals surface area contributed by atoms with E-state index in [0.29, 0.717) is 18.2 Å². The van der Waals surface area contributed by atoms with Gasteiger partial charge >= 0.3 is 0 Å². The van der Waals surface area contributed by atoms with Crippen LogP contribution in [0.1, 0.15) is 6.42 Å². The maximum atomic E-state index is 11.9. The third-order valence-corrected chi connectivity index (χ3v) is 3.22. The Balaban J connectivity index is 1.76. The number of aromatic nitrogens is 2. The standard InChI is InChI=1S/C13H15N5O/c1-9-7-16-11(12(19)17-9)10-3-6-18(8-10)13-14-4-2-5-15-13/h2,4-5,8,11,16H,1,3,6-7H2,(H,17,19). The monoisotopic (exact) mass is 257 g/mol. The van der Waals surface area contributed by atoms with Crippen LogP contribution in [0, 0.1) is 0 Å². The summed E-state index contributed by atoms with van der Waals surface area (Å²) in [6.45, 7) is 5.15. The molecule has 0 radical (unpaired) electrons. The molecule has 1 saturated heterocycles. The van der Waals surface area contributed by atoms with E-state index in [1.807, 2.05) is 11.1 Å². The van der Waals surface area contributed by atoms with Gasteiger partial charge in [-0.3, -0.25) is 10.1 Å². The number of piperazine rings is 1. The third-order valence-electron chi connectivity index (χ3n) is 3.22. The summed E-state index contributed by atoms with van der Waals surface area (Å²) in [5.74, 6) is 0.622. The molecule has 2 aliphatic rings. The summed E-state index contributed by atoms with van der Waals surface area (Å²) in [4.78, 5) is 22.3. The second kappa shape index (κ2) is 4.81. The molecule has 3 rings (SSSR count). The minimum absolute atomic E-state index is 0.0432. The van der Waals surface area contributed by atoms with Crippen LogP contribution in [0.15, 0.2) is 42.5 Å². The van der Waals surface area contributed by atoms with Crippen LogP contribution < -0.4 is 15.5 Å². The van der Waals surface area contributed by atoms with Crippen LogP contribution in [-0.2, 0) is 4.79 Å². The van der Waals surface area contributed by atoms with Crippen molar-refractivity contribution in [1.82, 2.24) is 20.6 Å². The highest BCUT2D eigenvalue weighted by Crippen LogP contribution is 2.22. The number of nitrogens with one attached hydrogen (secondary N) is 2. The second-order valence-electron chi connectivity index (χ2n) is 4.60. The van der Waals surface area contributed by atoms with Gasteiger partial charge in [0.25, 0.3) is 0 Å². The van der Waals surface area contributed by atoms with Gasteiger partial charge in [-0.25, -0.2) is 9.97 Å². The van der Waals surface area contributed by atoms with Crippen molar-refractivity contribution in [1.29, 1.82) is 0 Å². The summed E-state index contributed by atoms with van der Waals surface area (Å²) in [6.07, 6.45) is 6.21. The molecule has 2 N–H and O–H groups in total. The van der Waals surface area contributed by atoms with Gasteiger partial charge in [0.05, 0.1) is 0 Å². The first-order valence-corrected chi connectivity index (χ1v) is 6.20. The summed E-state index contributed by atoms with van der Waals surface area (Å²) in [6, 6.07) is 1.51. The van der Waals surface area contributed by atoms with Crippen molar-refractivity contribution < 1.29 is 4.79 Å². The predicted octanol–water partition coefficient (Wildman–Crippen LogP) is 0.172. The Kier molecular flexibility index (Phi) is 3.00. The van der Waals surface area contributed by atoms with E-state index in [1.165, 1.54) is 0 Å². The number of anilines is 1. The topological polar surface area (TPSA) is 70.1 Å². The molecular weight excluding hydrogens is 242 g/mol. The van der Waals surface area contributed by atoms with Crippen LogP contribution in [0.4, 0.5) is 5.95 Å². The molecule has 1 amide bonds. The fourth-order valence-corrected chi connectivity index (χ4v) is 2.30. The molecule has 2 aliphatic heterocycles. The molecule has 1 atom stereocenters. The zero-order valence-corrected chi connectivity index (χ0v) is 10.5. The molecule has 0 saturated carbocycles. The van der Waals surface area contributed by atoms with E-state index in [1.54, 1.807) is 18.5 Å². The molecule has 1 aromatic heterocycles. The van der Waals surface area contributed by atoms with Gasteiger partial charge in [-0.15, -0.1) is 0 Å². The van der Waals surface area contributed by atoms with Crippen molar-refractivity contribution in [2.75, 3.05) is 18.0 Å². The van der Waals surface area contributed by atoms with E-state index < -0.39 is 0 Å². The number of rotatable bonds is 2. The number of hydrogen-bond acceptors (Lipinski definition) is 5. The van der Waals surface area contributed by atoms with Crippen molar-refractivity contribution in [3.63, 3.8) is 0 Å². The molecule has 3 heterocycles. The fourth-order valence-electron chi connectivity index (χ4n) is 2.30. The molecule has 19 heavy (non-hydrogen) atoms. The molecule has 6 nitrogen and oxygen atoms in total. The van der Waals surface area contributed by atoms with Crippen LogP contribution in [0.3, 0.4) is 0 Å². The Bertz CT molecular complexity index is 539. The van der Waals surface area contributed by atoms with Gasteiger partial charge in [0.15, 0.2) is 0 Å². The van der Waals surface area contributed by atoms with E-state index in [0.717, 1.165) is 18.5 Å². The molecule has 1 fully saturated rings. The van der Waals surface area contributed by atoms with Crippen LogP contribution in [0.25, 0.3) is 0 Å².